The number of hydrogen-bond donors (Lipinski definition) is 2. The van der Waals surface area contributed by atoms with Gasteiger partial charge in [0.25, 0.3) is 5.91 Å². The van der Waals surface area contributed by atoms with Crippen LogP contribution in [0.25, 0.3) is 11.0 Å². The van der Waals surface area contributed by atoms with Crippen LogP contribution in [-0.2, 0) is 0 Å². The van der Waals surface area contributed by atoms with E-state index in [9.17, 15) is 4.79 Å². The van der Waals surface area contributed by atoms with Gasteiger partial charge in [-0.05, 0) is 37.6 Å². The van der Waals surface area contributed by atoms with Crippen LogP contribution in [0.2, 0.25) is 0 Å². The van der Waals surface area contributed by atoms with Gasteiger partial charge >= 0.3 is 0 Å². The van der Waals surface area contributed by atoms with Crippen LogP contribution in [0, 0.1) is 6.92 Å². The average Bonchev–Trinajstić information content (AvgIpc) is 2.91. The zero-order valence-electron chi connectivity index (χ0n) is 12.1. The first-order chi connectivity index (χ1) is 10.1. The van der Waals surface area contributed by atoms with Crippen molar-refractivity contribution < 1.29 is 4.79 Å². The number of rotatable bonds is 3. The van der Waals surface area contributed by atoms with Gasteiger partial charge in [-0.2, -0.15) is 0 Å². The third kappa shape index (κ3) is 2.65. The molecule has 3 rings (SSSR count). The van der Waals surface area contributed by atoms with E-state index in [1.165, 1.54) is 0 Å². The number of aromatic amines is 1. The molecule has 0 saturated carbocycles. The van der Waals surface area contributed by atoms with Crippen molar-refractivity contribution in [2.75, 3.05) is 0 Å². The molecule has 106 valence electrons. The summed E-state index contributed by atoms with van der Waals surface area (Å²) >= 11 is 0. The molecule has 1 heterocycles. The van der Waals surface area contributed by atoms with Crippen LogP contribution in [0.1, 0.15) is 34.7 Å². The Bertz CT molecular complexity index is 758. The Labute approximate surface area is 123 Å². The fraction of sp³-hybridized carbons (Fsp3) is 0.176. The van der Waals surface area contributed by atoms with Crippen LogP contribution in [-0.4, -0.2) is 15.9 Å². The topological polar surface area (TPSA) is 57.8 Å². The first-order valence-electron chi connectivity index (χ1n) is 6.96. The van der Waals surface area contributed by atoms with Crippen molar-refractivity contribution in [2.24, 2.45) is 0 Å². The summed E-state index contributed by atoms with van der Waals surface area (Å²) in [5, 5.41) is 2.98. The molecule has 1 aromatic heterocycles. The van der Waals surface area contributed by atoms with E-state index >= 15 is 0 Å². The third-order valence-electron chi connectivity index (χ3n) is 3.56. The fourth-order valence-electron chi connectivity index (χ4n) is 2.35. The number of aromatic nitrogens is 2. The number of hydrogen-bond acceptors (Lipinski definition) is 2. The quantitative estimate of drug-likeness (QED) is 0.772. The number of para-hydroxylation sites is 2. The average molecular weight is 279 g/mol. The van der Waals surface area contributed by atoms with E-state index < -0.39 is 0 Å². The SMILES string of the molecule is Cc1ccccc1C(=O)NC(C)c1nc2ccccc2[nH]1. The number of benzene rings is 2. The van der Waals surface area contributed by atoms with Gasteiger partial charge in [0.15, 0.2) is 0 Å². The van der Waals surface area contributed by atoms with E-state index in [4.69, 9.17) is 0 Å². The standard InChI is InChI=1S/C17H17N3O/c1-11-7-3-4-8-13(11)17(21)18-12(2)16-19-14-9-5-6-10-15(14)20-16/h3-10,12H,1-2H3,(H,18,21)(H,19,20). The lowest BCUT2D eigenvalue weighted by Gasteiger charge is -2.12. The molecule has 1 amide bonds. The minimum absolute atomic E-state index is 0.0824. The Kier molecular flexibility index (Phi) is 3.44. The lowest BCUT2D eigenvalue weighted by molar-refractivity contribution is 0.0938. The van der Waals surface area contributed by atoms with Crippen molar-refractivity contribution >= 4 is 16.9 Å². The Balaban J connectivity index is 1.81. The van der Waals surface area contributed by atoms with E-state index in [2.05, 4.69) is 15.3 Å². The van der Waals surface area contributed by atoms with E-state index in [1.54, 1.807) is 0 Å². The minimum Gasteiger partial charge on any atom is -0.342 e. The molecular formula is C17H17N3O. The molecule has 4 nitrogen and oxygen atoms in total. The largest absolute Gasteiger partial charge is 0.342 e. The molecule has 1 atom stereocenters. The third-order valence-corrected chi connectivity index (χ3v) is 3.56. The van der Waals surface area contributed by atoms with Gasteiger partial charge in [0.05, 0.1) is 17.1 Å². The smallest absolute Gasteiger partial charge is 0.252 e. The molecule has 0 saturated heterocycles. The number of aryl methyl sites for hydroxylation is 1. The summed E-state index contributed by atoms with van der Waals surface area (Å²) in [7, 11) is 0. The predicted molar refractivity (Wildman–Crippen MR) is 83.2 cm³/mol. The maximum atomic E-state index is 12.3. The number of carbonyl (C=O) groups excluding carboxylic acids is 1. The van der Waals surface area contributed by atoms with E-state index in [0.29, 0.717) is 5.56 Å². The number of carbonyl (C=O) groups is 1. The van der Waals surface area contributed by atoms with Gasteiger partial charge in [0.1, 0.15) is 5.82 Å². The second kappa shape index (κ2) is 5.40. The molecule has 1 unspecified atom stereocenters. The van der Waals surface area contributed by atoms with E-state index in [0.717, 1.165) is 22.4 Å². The van der Waals surface area contributed by atoms with Crippen molar-refractivity contribution in [2.45, 2.75) is 19.9 Å². The number of imidazole rings is 1. The molecule has 0 aliphatic carbocycles. The molecule has 0 fully saturated rings. The second-order valence-corrected chi connectivity index (χ2v) is 5.15. The second-order valence-electron chi connectivity index (χ2n) is 5.15. The van der Waals surface area contributed by atoms with Crippen molar-refractivity contribution in [1.82, 2.24) is 15.3 Å². The summed E-state index contributed by atoms with van der Waals surface area (Å²) in [4.78, 5) is 20.1. The lowest BCUT2D eigenvalue weighted by Crippen LogP contribution is -2.27. The zero-order chi connectivity index (χ0) is 14.8. The highest BCUT2D eigenvalue weighted by Crippen LogP contribution is 2.16. The summed E-state index contributed by atoms with van der Waals surface area (Å²) in [6.45, 7) is 3.86. The van der Waals surface area contributed by atoms with Crippen molar-refractivity contribution in [3.8, 4) is 0 Å². The number of H-pyrrole nitrogens is 1. The number of fused-ring (bicyclic) bond motifs is 1. The Morgan fingerprint density at radius 3 is 2.62 bits per heavy atom. The predicted octanol–water partition coefficient (Wildman–Crippen LogP) is 3.36. The van der Waals surface area contributed by atoms with Crippen LogP contribution < -0.4 is 5.32 Å². The van der Waals surface area contributed by atoms with Gasteiger partial charge < -0.3 is 10.3 Å². The molecular weight excluding hydrogens is 262 g/mol. The molecule has 2 aromatic carbocycles. The summed E-state index contributed by atoms with van der Waals surface area (Å²) in [6, 6.07) is 15.2. The Hall–Kier alpha value is -2.62. The highest BCUT2D eigenvalue weighted by atomic mass is 16.1. The maximum absolute atomic E-state index is 12.3. The summed E-state index contributed by atoms with van der Waals surface area (Å²) in [5.74, 6) is 0.680. The lowest BCUT2D eigenvalue weighted by atomic mass is 10.1. The number of amides is 1. The fourth-order valence-corrected chi connectivity index (χ4v) is 2.35. The molecule has 3 aromatic rings. The normalized spacial score (nSPS) is 12.3. The molecule has 21 heavy (non-hydrogen) atoms. The molecule has 4 heteroatoms. The maximum Gasteiger partial charge on any atom is 0.252 e. The van der Waals surface area contributed by atoms with Gasteiger partial charge in [-0.15, -0.1) is 0 Å². The van der Waals surface area contributed by atoms with Crippen LogP contribution in [0.4, 0.5) is 0 Å². The first kappa shape index (κ1) is 13.4. The molecule has 0 radical (unpaired) electrons. The van der Waals surface area contributed by atoms with Gasteiger partial charge in [-0.3, -0.25) is 4.79 Å². The van der Waals surface area contributed by atoms with Crippen molar-refractivity contribution in [1.29, 1.82) is 0 Å². The molecule has 0 aliphatic rings. The van der Waals surface area contributed by atoms with Gasteiger partial charge in [-0.25, -0.2) is 4.98 Å². The highest BCUT2D eigenvalue weighted by Gasteiger charge is 2.15. The van der Waals surface area contributed by atoms with Gasteiger partial charge in [0.2, 0.25) is 0 Å². The van der Waals surface area contributed by atoms with Crippen LogP contribution in [0.5, 0.6) is 0 Å². The highest BCUT2D eigenvalue weighted by molar-refractivity contribution is 5.95. The first-order valence-corrected chi connectivity index (χ1v) is 6.96. The van der Waals surface area contributed by atoms with Crippen LogP contribution >= 0.6 is 0 Å². The van der Waals surface area contributed by atoms with Crippen LogP contribution in [0.15, 0.2) is 48.5 Å². The molecule has 0 spiro atoms. The van der Waals surface area contributed by atoms with Gasteiger partial charge in [0, 0.05) is 5.56 Å². The monoisotopic (exact) mass is 279 g/mol. The molecule has 2 N–H and O–H groups in total. The van der Waals surface area contributed by atoms with Gasteiger partial charge in [-0.1, -0.05) is 30.3 Å². The summed E-state index contributed by atoms with van der Waals surface area (Å²) < 4.78 is 0. The number of nitrogens with zero attached hydrogens (tertiary/aromatic N) is 1. The van der Waals surface area contributed by atoms with Crippen LogP contribution in [0.3, 0.4) is 0 Å². The zero-order valence-corrected chi connectivity index (χ0v) is 12.1. The minimum atomic E-state index is -0.176. The Morgan fingerprint density at radius 1 is 1.14 bits per heavy atom. The molecule has 0 aliphatic heterocycles. The Morgan fingerprint density at radius 2 is 1.86 bits per heavy atom. The van der Waals surface area contributed by atoms with E-state index in [1.807, 2.05) is 62.4 Å². The van der Waals surface area contributed by atoms with Crippen molar-refractivity contribution in [3.63, 3.8) is 0 Å². The summed E-state index contributed by atoms with van der Waals surface area (Å²) in [6.07, 6.45) is 0. The number of nitrogens with one attached hydrogen (secondary N) is 2. The van der Waals surface area contributed by atoms with Crippen molar-refractivity contribution in [3.05, 3.63) is 65.5 Å². The molecule has 0 bridgehead atoms. The summed E-state index contributed by atoms with van der Waals surface area (Å²) in [5.41, 5.74) is 3.54. The van der Waals surface area contributed by atoms with E-state index in [-0.39, 0.29) is 11.9 Å².